The van der Waals surface area contributed by atoms with E-state index in [0.717, 1.165) is 11.4 Å². The molecule has 0 aliphatic carbocycles. The molecule has 6 nitrogen and oxygen atoms in total. The molecule has 1 aromatic carbocycles. The molecule has 6 heteroatoms. The SMILES string of the molecule is CC(C)(C)C(=O)N1CCOc2ccc(Nc3cccc(C#N)n3)cc21. The fourth-order valence-corrected chi connectivity index (χ4v) is 2.63. The molecule has 1 aliphatic heterocycles. The van der Waals surface area contributed by atoms with Crippen LogP contribution in [0.2, 0.25) is 0 Å². The Morgan fingerprint density at radius 3 is 2.84 bits per heavy atom. The number of pyridine rings is 1. The van der Waals surface area contributed by atoms with E-state index >= 15 is 0 Å². The Bertz CT molecular complexity index is 849. The molecule has 0 unspecified atom stereocenters. The van der Waals surface area contributed by atoms with Crippen LogP contribution in [0.1, 0.15) is 26.5 Å². The van der Waals surface area contributed by atoms with Crippen molar-refractivity contribution in [2.24, 2.45) is 5.41 Å². The van der Waals surface area contributed by atoms with Gasteiger partial charge in [0.05, 0.1) is 12.2 Å². The van der Waals surface area contributed by atoms with Crippen molar-refractivity contribution < 1.29 is 9.53 Å². The Morgan fingerprint density at radius 1 is 1.32 bits per heavy atom. The summed E-state index contributed by atoms with van der Waals surface area (Å²) in [7, 11) is 0. The highest BCUT2D eigenvalue weighted by molar-refractivity contribution is 5.99. The largest absolute Gasteiger partial charge is 0.490 e. The lowest BCUT2D eigenvalue weighted by Gasteiger charge is -2.34. The van der Waals surface area contributed by atoms with Gasteiger partial charge in [0.2, 0.25) is 5.91 Å². The molecule has 0 saturated heterocycles. The van der Waals surface area contributed by atoms with E-state index in [-0.39, 0.29) is 5.91 Å². The maximum atomic E-state index is 12.7. The smallest absolute Gasteiger partial charge is 0.232 e. The number of aromatic nitrogens is 1. The summed E-state index contributed by atoms with van der Waals surface area (Å²) in [5.74, 6) is 1.32. The molecular weight excluding hydrogens is 316 g/mol. The van der Waals surface area contributed by atoms with E-state index in [1.54, 1.807) is 23.1 Å². The summed E-state index contributed by atoms with van der Waals surface area (Å²) in [5, 5.41) is 12.1. The molecule has 0 fully saturated rings. The minimum atomic E-state index is -0.472. The van der Waals surface area contributed by atoms with Crippen molar-refractivity contribution >= 4 is 23.1 Å². The molecule has 3 rings (SSSR count). The van der Waals surface area contributed by atoms with Gasteiger partial charge in [-0.3, -0.25) is 4.79 Å². The van der Waals surface area contributed by atoms with Crippen LogP contribution in [0, 0.1) is 16.7 Å². The quantitative estimate of drug-likeness (QED) is 0.908. The predicted molar refractivity (Wildman–Crippen MR) is 96.0 cm³/mol. The third kappa shape index (κ3) is 3.56. The van der Waals surface area contributed by atoms with Gasteiger partial charge in [-0.1, -0.05) is 26.8 Å². The van der Waals surface area contributed by atoms with Gasteiger partial charge in [-0.15, -0.1) is 0 Å². The monoisotopic (exact) mass is 336 g/mol. The average molecular weight is 336 g/mol. The first-order valence-corrected chi connectivity index (χ1v) is 8.11. The maximum absolute atomic E-state index is 12.7. The topological polar surface area (TPSA) is 78.2 Å². The number of nitrogens with zero attached hydrogens (tertiary/aromatic N) is 3. The molecule has 1 N–H and O–H groups in total. The average Bonchev–Trinajstić information content (AvgIpc) is 2.60. The van der Waals surface area contributed by atoms with Gasteiger partial charge in [0, 0.05) is 11.1 Å². The first-order chi connectivity index (χ1) is 11.9. The second-order valence-corrected chi connectivity index (χ2v) is 6.88. The number of carbonyl (C=O) groups is 1. The van der Waals surface area contributed by atoms with Gasteiger partial charge in [-0.2, -0.15) is 5.26 Å². The van der Waals surface area contributed by atoms with Crippen molar-refractivity contribution in [3.8, 4) is 11.8 Å². The zero-order valence-electron chi connectivity index (χ0n) is 14.5. The van der Waals surface area contributed by atoms with Crippen molar-refractivity contribution in [1.29, 1.82) is 5.26 Å². The van der Waals surface area contributed by atoms with E-state index in [1.807, 2.05) is 45.0 Å². The molecule has 2 aromatic rings. The molecule has 25 heavy (non-hydrogen) atoms. The second kappa shape index (κ2) is 6.44. The Morgan fingerprint density at radius 2 is 2.12 bits per heavy atom. The van der Waals surface area contributed by atoms with Gasteiger partial charge in [0.1, 0.15) is 29.9 Å². The third-order valence-electron chi connectivity index (χ3n) is 3.84. The number of amides is 1. The van der Waals surface area contributed by atoms with Crippen molar-refractivity contribution in [2.45, 2.75) is 20.8 Å². The van der Waals surface area contributed by atoms with E-state index in [4.69, 9.17) is 10.00 Å². The number of benzene rings is 1. The summed E-state index contributed by atoms with van der Waals surface area (Å²) in [6.07, 6.45) is 0. The molecular formula is C19H20N4O2. The molecule has 128 valence electrons. The van der Waals surface area contributed by atoms with Crippen molar-refractivity contribution in [3.63, 3.8) is 0 Å². The molecule has 0 atom stereocenters. The van der Waals surface area contributed by atoms with Gasteiger partial charge in [-0.25, -0.2) is 4.98 Å². The van der Waals surface area contributed by atoms with Gasteiger partial charge in [0.25, 0.3) is 0 Å². The first kappa shape index (κ1) is 16.8. The normalized spacial score (nSPS) is 13.4. The number of fused-ring (bicyclic) bond motifs is 1. The lowest BCUT2D eigenvalue weighted by atomic mass is 9.94. The molecule has 0 saturated carbocycles. The highest BCUT2D eigenvalue weighted by Crippen LogP contribution is 2.37. The summed E-state index contributed by atoms with van der Waals surface area (Å²) in [6, 6.07) is 12.8. The van der Waals surface area contributed by atoms with Crippen LogP contribution < -0.4 is 15.0 Å². The van der Waals surface area contributed by atoms with Gasteiger partial charge < -0.3 is 15.0 Å². The van der Waals surface area contributed by atoms with Crippen LogP contribution in [-0.4, -0.2) is 24.0 Å². The Kier molecular flexibility index (Phi) is 4.32. The summed E-state index contributed by atoms with van der Waals surface area (Å²) in [4.78, 5) is 18.7. The lowest BCUT2D eigenvalue weighted by Crippen LogP contribution is -2.44. The summed E-state index contributed by atoms with van der Waals surface area (Å²) in [6.45, 7) is 6.72. The second-order valence-electron chi connectivity index (χ2n) is 6.88. The Hall–Kier alpha value is -3.07. The van der Waals surface area contributed by atoms with Crippen LogP contribution in [0.4, 0.5) is 17.2 Å². The highest BCUT2D eigenvalue weighted by Gasteiger charge is 2.31. The van der Waals surface area contributed by atoms with Crippen molar-refractivity contribution in [2.75, 3.05) is 23.4 Å². The number of ether oxygens (including phenoxy) is 1. The van der Waals surface area contributed by atoms with Crippen LogP contribution in [-0.2, 0) is 4.79 Å². The standard InChI is InChI=1S/C19H20N4O2/c1-19(2,3)18(24)23-9-10-25-16-8-7-13(11-15(16)23)21-17-6-4-5-14(12-20)22-17/h4-8,11H,9-10H2,1-3H3,(H,21,22). The number of carbonyl (C=O) groups excluding carboxylic acids is 1. The number of nitriles is 1. The van der Waals surface area contributed by atoms with Crippen LogP contribution in [0.3, 0.4) is 0 Å². The molecule has 1 aromatic heterocycles. The number of anilines is 3. The highest BCUT2D eigenvalue weighted by atomic mass is 16.5. The zero-order chi connectivity index (χ0) is 18.0. The summed E-state index contributed by atoms with van der Waals surface area (Å²) >= 11 is 0. The zero-order valence-corrected chi connectivity index (χ0v) is 14.5. The van der Waals surface area contributed by atoms with Crippen LogP contribution in [0.5, 0.6) is 5.75 Å². The van der Waals surface area contributed by atoms with E-state index < -0.39 is 5.41 Å². The van der Waals surface area contributed by atoms with Crippen LogP contribution in [0.25, 0.3) is 0 Å². The van der Waals surface area contributed by atoms with Crippen LogP contribution >= 0.6 is 0 Å². The fourth-order valence-electron chi connectivity index (χ4n) is 2.63. The minimum absolute atomic E-state index is 0.0544. The molecule has 0 spiro atoms. The van der Waals surface area contributed by atoms with Gasteiger partial charge in [-0.05, 0) is 30.3 Å². The van der Waals surface area contributed by atoms with Gasteiger partial charge in [0.15, 0.2) is 0 Å². The number of hydrogen-bond acceptors (Lipinski definition) is 5. The van der Waals surface area contributed by atoms with E-state index in [0.29, 0.717) is 30.4 Å². The summed E-state index contributed by atoms with van der Waals surface area (Å²) in [5.41, 5.74) is 1.39. The molecule has 1 aliphatic rings. The van der Waals surface area contributed by atoms with E-state index in [1.165, 1.54) is 0 Å². The number of nitrogens with one attached hydrogen (secondary N) is 1. The maximum Gasteiger partial charge on any atom is 0.232 e. The van der Waals surface area contributed by atoms with Crippen molar-refractivity contribution in [3.05, 3.63) is 42.1 Å². The predicted octanol–water partition coefficient (Wildman–Crippen LogP) is 3.47. The van der Waals surface area contributed by atoms with Crippen LogP contribution in [0.15, 0.2) is 36.4 Å². The Balaban J connectivity index is 1.92. The lowest BCUT2D eigenvalue weighted by molar-refractivity contribution is -0.126. The third-order valence-corrected chi connectivity index (χ3v) is 3.84. The fraction of sp³-hybridized carbons (Fsp3) is 0.316. The summed E-state index contributed by atoms with van der Waals surface area (Å²) < 4.78 is 5.68. The Labute approximate surface area is 147 Å². The number of rotatable bonds is 2. The van der Waals surface area contributed by atoms with E-state index in [9.17, 15) is 4.79 Å². The molecule has 1 amide bonds. The first-order valence-electron chi connectivity index (χ1n) is 8.11. The molecule has 0 radical (unpaired) electrons. The molecule has 0 bridgehead atoms. The molecule has 2 heterocycles. The van der Waals surface area contributed by atoms with E-state index in [2.05, 4.69) is 10.3 Å². The van der Waals surface area contributed by atoms with Gasteiger partial charge >= 0.3 is 0 Å². The number of hydrogen-bond donors (Lipinski definition) is 1. The van der Waals surface area contributed by atoms with Crippen molar-refractivity contribution in [1.82, 2.24) is 4.98 Å². The minimum Gasteiger partial charge on any atom is -0.490 e.